The molecule has 0 amide bonds. The molecule has 0 spiro atoms. The van der Waals surface area contributed by atoms with E-state index in [1.54, 1.807) is 30.7 Å². The van der Waals surface area contributed by atoms with E-state index in [9.17, 15) is 0 Å². The molecule has 1 aliphatic rings. The molecule has 1 aliphatic heterocycles. The smallest absolute Gasteiger partial charge is 0.212 e. The number of hydrogen-bond donors (Lipinski definition) is 2. The number of para-hydroxylation sites is 1. The Morgan fingerprint density at radius 2 is 1.88 bits per heavy atom. The Bertz CT molecular complexity index is 1130. The predicted octanol–water partition coefficient (Wildman–Crippen LogP) is 3.81. The number of hydrogen-bond acceptors (Lipinski definition) is 6. The molecule has 0 aliphatic carbocycles. The largest absolute Gasteiger partial charge is 0.489 e. The van der Waals surface area contributed by atoms with Crippen LogP contribution in [0.1, 0.15) is 6.42 Å². The highest BCUT2D eigenvalue weighted by molar-refractivity contribution is 5.97. The molecule has 32 heavy (non-hydrogen) atoms. The minimum atomic E-state index is -0.180. The molecule has 160 valence electrons. The van der Waals surface area contributed by atoms with E-state index >= 15 is 0 Å². The number of nitrogens with one attached hydrogen (secondary N) is 2. The number of pyridine rings is 1. The van der Waals surface area contributed by atoms with Crippen molar-refractivity contribution in [3.05, 3.63) is 79.1 Å². The molecule has 0 fully saturated rings. The third kappa shape index (κ3) is 5.61. The highest BCUT2D eigenvalue weighted by Crippen LogP contribution is 2.30. The molecule has 4 rings (SSSR count). The van der Waals surface area contributed by atoms with Gasteiger partial charge in [0.05, 0.1) is 12.3 Å². The van der Waals surface area contributed by atoms with Crippen LogP contribution >= 0.6 is 0 Å². The van der Waals surface area contributed by atoms with Gasteiger partial charge < -0.3 is 20.2 Å². The number of ether oxygens (including phenoxy) is 1. The summed E-state index contributed by atoms with van der Waals surface area (Å²) in [7, 11) is 0. The van der Waals surface area contributed by atoms with Crippen LogP contribution in [0.15, 0.2) is 89.3 Å². The number of guanidine groups is 1. The van der Waals surface area contributed by atoms with Crippen LogP contribution in [0.2, 0.25) is 0 Å². The quantitative estimate of drug-likeness (QED) is 0.338. The first-order chi connectivity index (χ1) is 15.8. The number of benzene rings is 2. The number of rotatable bonds is 7. The number of nitriles is 1. The molecule has 2 aromatic carbocycles. The standard InChI is InChI=1S/C24H22N6O2/c25-17-28-24(29-19-10-12-26-13-11-19)27-15-20-14-21(32-30-20)16-31-23-9-5-4-8-22(23)18-6-2-1-3-7-18/h1-13,21H,14-16H2,(H2,26,27,28,29). The third-order valence-electron chi connectivity index (χ3n) is 4.76. The van der Waals surface area contributed by atoms with Crippen LogP contribution in [0.25, 0.3) is 11.1 Å². The molecule has 1 unspecified atom stereocenters. The summed E-state index contributed by atoms with van der Waals surface area (Å²) in [5.41, 5.74) is 3.72. The molecule has 0 radical (unpaired) electrons. The Hall–Kier alpha value is -4.38. The molecule has 8 heteroatoms. The lowest BCUT2D eigenvalue weighted by atomic mass is 10.0. The maximum atomic E-state index is 8.93. The zero-order valence-corrected chi connectivity index (χ0v) is 17.3. The van der Waals surface area contributed by atoms with Crippen LogP contribution < -0.4 is 15.4 Å². The Kier molecular flexibility index (Phi) is 6.91. The Labute approximate surface area is 186 Å². The van der Waals surface area contributed by atoms with Crippen molar-refractivity contribution in [1.29, 1.82) is 5.26 Å². The molecule has 1 atom stereocenters. The molecular weight excluding hydrogens is 404 g/mol. The van der Waals surface area contributed by atoms with Crippen molar-refractivity contribution in [2.45, 2.75) is 12.5 Å². The predicted molar refractivity (Wildman–Crippen MR) is 123 cm³/mol. The average molecular weight is 426 g/mol. The van der Waals surface area contributed by atoms with Crippen molar-refractivity contribution in [2.24, 2.45) is 10.1 Å². The van der Waals surface area contributed by atoms with Gasteiger partial charge in [0.2, 0.25) is 12.2 Å². The Morgan fingerprint density at radius 1 is 1.09 bits per heavy atom. The van der Waals surface area contributed by atoms with Crippen LogP contribution in [-0.4, -0.2) is 35.9 Å². The van der Waals surface area contributed by atoms with Gasteiger partial charge in [-0.1, -0.05) is 53.7 Å². The van der Waals surface area contributed by atoms with E-state index in [0.29, 0.717) is 25.5 Å². The van der Waals surface area contributed by atoms with E-state index in [2.05, 4.69) is 37.9 Å². The molecule has 8 nitrogen and oxygen atoms in total. The van der Waals surface area contributed by atoms with Crippen molar-refractivity contribution < 1.29 is 9.57 Å². The van der Waals surface area contributed by atoms with Gasteiger partial charge in [-0.3, -0.25) is 4.98 Å². The Morgan fingerprint density at radius 3 is 2.69 bits per heavy atom. The first-order valence-corrected chi connectivity index (χ1v) is 10.2. The lowest BCUT2D eigenvalue weighted by molar-refractivity contribution is 0.0472. The van der Waals surface area contributed by atoms with E-state index in [1.165, 1.54) is 0 Å². The van der Waals surface area contributed by atoms with Gasteiger partial charge in [-0.05, 0) is 23.8 Å². The maximum absolute atomic E-state index is 8.93. The van der Waals surface area contributed by atoms with Crippen molar-refractivity contribution in [3.63, 3.8) is 0 Å². The van der Waals surface area contributed by atoms with Crippen LogP contribution in [0.5, 0.6) is 5.75 Å². The second-order valence-corrected chi connectivity index (χ2v) is 7.04. The highest BCUT2D eigenvalue weighted by Gasteiger charge is 2.22. The van der Waals surface area contributed by atoms with Crippen molar-refractivity contribution in [3.8, 4) is 23.1 Å². The number of anilines is 1. The molecule has 0 saturated carbocycles. The Balaban J connectivity index is 1.28. The molecule has 1 aromatic heterocycles. The minimum Gasteiger partial charge on any atom is -0.489 e. The first kappa shape index (κ1) is 20.9. The molecule has 2 N–H and O–H groups in total. The fourth-order valence-electron chi connectivity index (χ4n) is 3.23. The van der Waals surface area contributed by atoms with Gasteiger partial charge in [0.25, 0.3) is 0 Å². The van der Waals surface area contributed by atoms with Gasteiger partial charge in [0, 0.05) is 30.1 Å². The van der Waals surface area contributed by atoms with Crippen molar-refractivity contribution in [2.75, 3.05) is 18.5 Å². The number of oxime groups is 1. The van der Waals surface area contributed by atoms with Crippen LogP contribution in [0.4, 0.5) is 5.69 Å². The van der Waals surface area contributed by atoms with Gasteiger partial charge in [-0.15, -0.1) is 4.99 Å². The molecule has 0 bridgehead atoms. The fraction of sp³-hybridized carbons (Fsp3) is 0.167. The summed E-state index contributed by atoms with van der Waals surface area (Å²) in [5, 5.41) is 19.2. The molecular formula is C24H22N6O2. The summed E-state index contributed by atoms with van der Waals surface area (Å²) in [4.78, 5) is 13.3. The minimum absolute atomic E-state index is 0.180. The van der Waals surface area contributed by atoms with E-state index in [1.807, 2.05) is 42.5 Å². The van der Waals surface area contributed by atoms with Crippen molar-refractivity contribution >= 4 is 17.4 Å². The van der Waals surface area contributed by atoms with E-state index in [4.69, 9.17) is 14.8 Å². The summed E-state index contributed by atoms with van der Waals surface area (Å²) in [6.45, 7) is 0.779. The number of aromatic nitrogens is 1. The lowest BCUT2D eigenvalue weighted by Gasteiger charge is -2.14. The second-order valence-electron chi connectivity index (χ2n) is 7.04. The van der Waals surface area contributed by atoms with Crippen LogP contribution in [0, 0.1) is 11.5 Å². The molecule has 2 heterocycles. The van der Waals surface area contributed by atoms with E-state index in [-0.39, 0.29) is 6.10 Å². The number of nitrogens with zero attached hydrogens (tertiary/aromatic N) is 4. The van der Waals surface area contributed by atoms with Gasteiger partial charge >= 0.3 is 0 Å². The summed E-state index contributed by atoms with van der Waals surface area (Å²) in [6, 6.07) is 21.6. The fourth-order valence-corrected chi connectivity index (χ4v) is 3.23. The maximum Gasteiger partial charge on any atom is 0.212 e. The third-order valence-corrected chi connectivity index (χ3v) is 4.76. The summed E-state index contributed by atoms with van der Waals surface area (Å²) < 4.78 is 6.06. The van der Waals surface area contributed by atoms with Gasteiger partial charge in [0.15, 0.2) is 6.10 Å². The average Bonchev–Trinajstić information content (AvgIpc) is 3.31. The second kappa shape index (κ2) is 10.6. The van der Waals surface area contributed by atoms with Gasteiger partial charge in [0.1, 0.15) is 12.4 Å². The summed E-state index contributed by atoms with van der Waals surface area (Å²) >= 11 is 0. The van der Waals surface area contributed by atoms with E-state index in [0.717, 1.165) is 28.3 Å². The normalized spacial score (nSPS) is 15.3. The van der Waals surface area contributed by atoms with Crippen LogP contribution in [-0.2, 0) is 4.84 Å². The van der Waals surface area contributed by atoms with Gasteiger partial charge in [-0.25, -0.2) is 0 Å². The highest BCUT2D eigenvalue weighted by atomic mass is 16.7. The topological polar surface area (TPSA) is 104 Å². The first-order valence-electron chi connectivity index (χ1n) is 10.2. The van der Waals surface area contributed by atoms with Crippen LogP contribution in [0.3, 0.4) is 0 Å². The van der Waals surface area contributed by atoms with Crippen molar-refractivity contribution in [1.82, 2.24) is 10.3 Å². The molecule has 3 aromatic rings. The van der Waals surface area contributed by atoms with E-state index < -0.39 is 0 Å². The summed E-state index contributed by atoms with van der Waals surface area (Å²) in [5.74, 6) is 1.14. The van der Waals surface area contributed by atoms with Gasteiger partial charge in [-0.2, -0.15) is 5.26 Å². The summed E-state index contributed by atoms with van der Waals surface area (Å²) in [6.07, 6.45) is 5.53. The monoisotopic (exact) mass is 426 g/mol. The zero-order chi connectivity index (χ0) is 22.0. The zero-order valence-electron chi connectivity index (χ0n) is 17.3. The molecule has 0 saturated heterocycles. The SMILES string of the molecule is N#CN=C(NCC1=NOC(COc2ccccc2-c2ccccc2)C1)Nc1ccncc1. The number of aliphatic imine (C=N–C) groups is 1. The lowest BCUT2D eigenvalue weighted by Crippen LogP contribution is -2.35.